The first kappa shape index (κ1) is 18.2. The summed E-state index contributed by atoms with van der Waals surface area (Å²) < 4.78 is 47.4. The summed E-state index contributed by atoms with van der Waals surface area (Å²) in [5.74, 6) is -1.33. The average molecular weight is 398 g/mol. The fraction of sp³-hybridized carbons (Fsp3) is 0.556. The number of phosphoric ester groups is 1. The standard InChI is InChI=1S/C9H13N4O10PS/c14-5-3(1-22-24(17,18)19)23-9(6(5)15)13-2-10-4-7(13)11-25(20,21)12-8(4)16/h2-3,5-6,9,11,14-15H,1H2,(H,12,16)(H2,17,18,19)/p-2/t3-,5-,6-,9-/m1/s1. The van der Waals surface area contributed by atoms with Gasteiger partial charge in [-0.1, -0.05) is 0 Å². The van der Waals surface area contributed by atoms with Crippen molar-refractivity contribution in [1.29, 1.82) is 0 Å². The Morgan fingerprint density at radius 3 is 2.68 bits per heavy atom. The molecule has 3 rings (SSSR count). The normalized spacial score (nSPS) is 31.3. The van der Waals surface area contributed by atoms with Crippen LogP contribution in [0.1, 0.15) is 16.7 Å². The summed E-state index contributed by atoms with van der Waals surface area (Å²) in [6, 6.07) is 0. The molecule has 25 heavy (non-hydrogen) atoms. The molecule has 0 radical (unpaired) electrons. The molecule has 0 bridgehead atoms. The predicted octanol–water partition coefficient (Wildman–Crippen LogP) is -4.25. The topological polar surface area (TPSA) is 215 Å². The third kappa shape index (κ3) is 3.54. The zero-order valence-corrected chi connectivity index (χ0v) is 13.7. The molecular weight excluding hydrogens is 387 g/mol. The molecule has 0 aliphatic carbocycles. The second kappa shape index (κ2) is 6.00. The molecule has 2 aliphatic heterocycles. The van der Waals surface area contributed by atoms with Gasteiger partial charge in [0.1, 0.15) is 18.3 Å². The number of anilines is 1. The Morgan fingerprint density at radius 1 is 1.36 bits per heavy atom. The highest BCUT2D eigenvalue weighted by atomic mass is 32.2. The quantitative estimate of drug-likeness (QED) is 0.356. The van der Waals surface area contributed by atoms with Gasteiger partial charge in [-0.3, -0.25) is 9.36 Å². The first-order valence-electron chi connectivity index (χ1n) is 6.58. The van der Waals surface area contributed by atoms with Crippen LogP contribution in [0.5, 0.6) is 0 Å². The minimum Gasteiger partial charge on any atom is -0.790 e. The summed E-state index contributed by atoms with van der Waals surface area (Å²) in [6.45, 7) is -0.859. The molecule has 1 saturated heterocycles. The smallest absolute Gasteiger partial charge is 0.325 e. The van der Waals surface area contributed by atoms with E-state index in [9.17, 15) is 37.8 Å². The van der Waals surface area contributed by atoms with E-state index in [1.54, 1.807) is 4.72 Å². The summed E-state index contributed by atoms with van der Waals surface area (Å²) in [6.07, 6.45) is -5.15. The maximum atomic E-state index is 11.7. The number of hydrogen-bond acceptors (Lipinski definition) is 11. The number of aromatic nitrogens is 2. The van der Waals surface area contributed by atoms with Gasteiger partial charge in [0, 0.05) is 0 Å². The Bertz CT molecular complexity index is 849. The molecular formula is C9H11N4O10PS-2. The molecule has 3 heterocycles. The molecule has 1 aromatic heterocycles. The average Bonchev–Trinajstić information content (AvgIpc) is 2.98. The summed E-state index contributed by atoms with van der Waals surface area (Å²) in [5, 5.41) is 19.9. The lowest BCUT2D eigenvalue weighted by Crippen LogP contribution is -2.41. The second-order valence-corrected chi connectivity index (χ2v) is 7.74. The largest absolute Gasteiger partial charge is 0.790 e. The molecule has 1 amide bonds. The molecule has 0 saturated carbocycles. The third-order valence-corrected chi connectivity index (χ3v) is 4.86. The van der Waals surface area contributed by atoms with Crippen LogP contribution >= 0.6 is 7.82 Å². The van der Waals surface area contributed by atoms with Crippen LogP contribution in [-0.4, -0.2) is 59.0 Å². The van der Waals surface area contributed by atoms with Crippen molar-refractivity contribution in [2.45, 2.75) is 24.5 Å². The van der Waals surface area contributed by atoms with E-state index in [-0.39, 0.29) is 11.5 Å². The minimum atomic E-state index is -5.32. The SMILES string of the molecule is O=C1NS(=O)(=O)Nc2c1ncn2[C@@H]1O[C@H](COP(=O)([O-])[O-])[C@@H](O)[C@H]1O. The zero-order chi connectivity index (χ0) is 18.6. The first-order chi connectivity index (χ1) is 11.5. The number of rotatable bonds is 4. The minimum absolute atomic E-state index is 0.302. The summed E-state index contributed by atoms with van der Waals surface area (Å²) in [5.41, 5.74) is -0.302. The number of imidazole rings is 1. The van der Waals surface area contributed by atoms with Crippen LogP contribution in [0.25, 0.3) is 0 Å². The molecule has 140 valence electrons. The third-order valence-electron chi connectivity index (χ3n) is 3.48. The molecule has 4 N–H and O–H groups in total. The number of fused-ring (bicyclic) bond motifs is 1. The second-order valence-electron chi connectivity index (χ2n) is 5.18. The Hall–Kier alpha value is -1.58. The van der Waals surface area contributed by atoms with Gasteiger partial charge in [0.2, 0.25) is 0 Å². The van der Waals surface area contributed by atoms with Crippen molar-refractivity contribution in [2.75, 3.05) is 11.3 Å². The van der Waals surface area contributed by atoms with Gasteiger partial charge >= 0.3 is 10.2 Å². The van der Waals surface area contributed by atoms with E-state index >= 15 is 0 Å². The van der Waals surface area contributed by atoms with Crippen molar-refractivity contribution < 1.29 is 47.0 Å². The lowest BCUT2D eigenvalue weighted by molar-refractivity contribution is -0.343. The van der Waals surface area contributed by atoms with E-state index < -0.39 is 55.1 Å². The zero-order valence-electron chi connectivity index (χ0n) is 12.0. The van der Waals surface area contributed by atoms with Crippen LogP contribution in [0.3, 0.4) is 0 Å². The molecule has 14 nitrogen and oxygen atoms in total. The number of carbonyl (C=O) groups is 1. The van der Waals surface area contributed by atoms with Gasteiger partial charge in [-0.2, -0.15) is 8.42 Å². The molecule has 0 unspecified atom stereocenters. The molecule has 0 aromatic carbocycles. The van der Waals surface area contributed by atoms with Crippen LogP contribution in [0.2, 0.25) is 0 Å². The van der Waals surface area contributed by atoms with Crippen LogP contribution in [0.15, 0.2) is 6.33 Å². The number of ether oxygens (including phenoxy) is 1. The fourth-order valence-electron chi connectivity index (χ4n) is 2.41. The summed E-state index contributed by atoms with van der Waals surface area (Å²) >= 11 is 0. The molecule has 0 spiro atoms. The first-order valence-corrected chi connectivity index (χ1v) is 9.53. The number of nitrogens with one attached hydrogen (secondary N) is 2. The maximum Gasteiger partial charge on any atom is 0.325 e. The lowest BCUT2D eigenvalue weighted by Gasteiger charge is -2.30. The highest BCUT2D eigenvalue weighted by Crippen LogP contribution is 2.35. The van der Waals surface area contributed by atoms with E-state index in [1.807, 2.05) is 4.72 Å². The predicted molar refractivity (Wildman–Crippen MR) is 71.7 cm³/mol. The molecule has 4 atom stereocenters. The van der Waals surface area contributed by atoms with Crippen molar-refractivity contribution in [2.24, 2.45) is 0 Å². The fourth-order valence-corrected chi connectivity index (χ4v) is 3.58. The molecule has 2 aliphatic rings. The van der Waals surface area contributed by atoms with E-state index in [2.05, 4.69) is 9.51 Å². The van der Waals surface area contributed by atoms with Gasteiger partial charge in [-0.25, -0.2) is 14.4 Å². The van der Waals surface area contributed by atoms with Gasteiger partial charge in [-0.15, -0.1) is 0 Å². The number of carbonyl (C=O) groups excluding carboxylic acids is 1. The monoisotopic (exact) mass is 398 g/mol. The summed E-state index contributed by atoms with van der Waals surface area (Å²) in [4.78, 5) is 36.4. The molecule has 1 aromatic rings. The van der Waals surface area contributed by atoms with Gasteiger partial charge in [-0.05, 0) is 0 Å². The van der Waals surface area contributed by atoms with E-state index in [1.165, 1.54) is 0 Å². The number of hydrogen-bond donors (Lipinski definition) is 4. The Kier molecular flexibility index (Phi) is 4.37. The van der Waals surface area contributed by atoms with Crippen LogP contribution in [-0.2, 0) is 24.0 Å². The van der Waals surface area contributed by atoms with E-state index in [0.29, 0.717) is 0 Å². The van der Waals surface area contributed by atoms with Crippen LogP contribution in [0, 0.1) is 0 Å². The van der Waals surface area contributed by atoms with Crippen molar-refractivity contribution in [1.82, 2.24) is 14.3 Å². The number of amides is 1. The van der Waals surface area contributed by atoms with Gasteiger partial charge in [0.15, 0.2) is 17.7 Å². The Morgan fingerprint density at radius 2 is 2.04 bits per heavy atom. The molecule has 1 fully saturated rings. The van der Waals surface area contributed by atoms with Crippen molar-refractivity contribution in [3.8, 4) is 0 Å². The van der Waals surface area contributed by atoms with Crippen molar-refractivity contribution >= 4 is 29.8 Å². The maximum absolute atomic E-state index is 11.7. The lowest BCUT2D eigenvalue weighted by atomic mass is 10.1. The molecule has 16 heteroatoms. The van der Waals surface area contributed by atoms with Gasteiger partial charge in [0.05, 0.1) is 20.8 Å². The van der Waals surface area contributed by atoms with Gasteiger partial charge < -0.3 is 33.8 Å². The van der Waals surface area contributed by atoms with E-state index in [0.717, 1.165) is 10.9 Å². The number of aliphatic hydroxyl groups excluding tert-OH is 2. The van der Waals surface area contributed by atoms with Gasteiger partial charge in [0.25, 0.3) is 5.91 Å². The highest BCUT2D eigenvalue weighted by molar-refractivity contribution is 7.91. The highest BCUT2D eigenvalue weighted by Gasteiger charge is 2.46. The van der Waals surface area contributed by atoms with Crippen molar-refractivity contribution in [3.05, 3.63) is 12.0 Å². The Labute approximate surface area is 139 Å². The number of aliphatic hydroxyl groups is 2. The number of nitrogens with zero attached hydrogens (tertiary/aromatic N) is 2. The van der Waals surface area contributed by atoms with Crippen LogP contribution < -0.4 is 19.2 Å². The van der Waals surface area contributed by atoms with Crippen molar-refractivity contribution in [3.63, 3.8) is 0 Å². The van der Waals surface area contributed by atoms with Crippen LogP contribution in [0.4, 0.5) is 5.82 Å². The van der Waals surface area contributed by atoms with E-state index in [4.69, 9.17) is 4.74 Å². The number of phosphoric acid groups is 1. The summed E-state index contributed by atoms with van der Waals surface area (Å²) in [7, 11) is -9.52. The Balaban J connectivity index is 1.86.